The summed E-state index contributed by atoms with van der Waals surface area (Å²) in [5.74, 6) is 0.888. The molecule has 3 aromatic carbocycles. The molecule has 0 aliphatic carbocycles. The van der Waals surface area contributed by atoms with Crippen LogP contribution in [0.1, 0.15) is 23.6 Å². The predicted molar refractivity (Wildman–Crippen MR) is 105 cm³/mol. The first-order valence-electron chi connectivity index (χ1n) is 8.29. The van der Waals surface area contributed by atoms with Crippen molar-refractivity contribution in [2.24, 2.45) is 5.73 Å². The Morgan fingerprint density at radius 3 is 1.33 bits per heavy atom. The van der Waals surface area contributed by atoms with Crippen molar-refractivity contribution in [1.82, 2.24) is 0 Å². The van der Waals surface area contributed by atoms with E-state index in [2.05, 4.69) is 97.9 Å². The van der Waals surface area contributed by atoms with Crippen LogP contribution in [0.25, 0.3) is 0 Å². The average Bonchev–Trinajstić information content (AvgIpc) is 2.65. The zero-order valence-electron chi connectivity index (χ0n) is 13.9. The Morgan fingerprint density at radius 1 is 0.708 bits per heavy atom. The summed E-state index contributed by atoms with van der Waals surface area (Å²) < 4.78 is -0.253. The van der Waals surface area contributed by atoms with Crippen molar-refractivity contribution in [3.63, 3.8) is 0 Å². The molecule has 0 unspecified atom stereocenters. The van der Waals surface area contributed by atoms with Crippen molar-refractivity contribution in [2.45, 2.75) is 17.7 Å². The highest BCUT2D eigenvalue weighted by molar-refractivity contribution is 8.00. The minimum absolute atomic E-state index is 0.144. The van der Waals surface area contributed by atoms with Crippen LogP contribution >= 0.6 is 11.8 Å². The van der Waals surface area contributed by atoms with E-state index in [0.717, 1.165) is 5.75 Å². The minimum Gasteiger partial charge on any atom is -0.327 e. The van der Waals surface area contributed by atoms with Crippen molar-refractivity contribution < 1.29 is 0 Å². The van der Waals surface area contributed by atoms with Gasteiger partial charge in [-0.25, -0.2) is 0 Å². The van der Waals surface area contributed by atoms with E-state index in [9.17, 15) is 0 Å². The first-order chi connectivity index (χ1) is 11.7. The highest BCUT2D eigenvalue weighted by atomic mass is 32.2. The first-order valence-corrected chi connectivity index (χ1v) is 9.28. The van der Waals surface area contributed by atoms with E-state index in [1.54, 1.807) is 0 Å². The fourth-order valence-electron chi connectivity index (χ4n) is 3.03. The Morgan fingerprint density at radius 2 is 1.04 bits per heavy atom. The monoisotopic (exact) mass is 333 g/mol. The van der Waals surface area contributed by atoms with Gasteiger partial charge in [-0.2, -0.15) is 0 Å². The largest absolute Gasteiger partial charge is 0.327 e. The van der Waals surface area contributed by atoms with Gasteiger partial charge in [-0.3, -0.25) is 0 Å². The van der Waals surface area contributed by atoms with Crippen LogP contribution in [0, 0.1) is 0 Å². The van der Waals surface area contributed by atoms with Crippen molar-refractivity contribution in [3.05, 3.63) is 108 Å². The second-order valence-electron chi connectivity index (χ2n) is 6.07. The Hall–Kier alpha value is -2.03. The molecule has 3 aromatic rings. The Bertz CT molecular complexity index is 642. The maximum Gasteiger partial charge on any atom is 0.0907 e. The molecule has 3 rings (SSSR count). The SMILES string of the molecule is C[C@H](N)CSC(c1ccccc1)(c1ccccc1)c1ccccc1. The maximum atomic E-state index is 6.11. The van der Waals surface area contributed by atoms with Gasteiger partial charge in [0.2, 0.25) is 0 Å². The van der Waals surface area contributed by atoms with Crippen LogP contribution in [0.4, 0.5) is 0 Å². The second-order valence-corrected chi connectivity index (χ2v) is 7.30. The van der Waals surface area contributed by atoms with Crippen LogP contribution in [0.2, 0.25) is 0 Å². The number of nitrogens with two attached hydrogens (primary N) is 1. The molecule has 0 bridgehead atoms. The third-order valence-electron chi connectivity index (χ3n) is 4.10. The molecule has 2 N–H and O–H groups in total. The maximum absolute atomic E-state index is 6.11. The van der Waals surface area contributed by atoms with Crippen molar-refractivity contribution in [3.8, 4) is 0 Å². The van der Waals surface area contributed by atoms with Gasteiger partial charge >= 0.3 is 0 Å². The molecule has 0 aromatic heterocycles. The molecule has 1 nitrogen and oxygen atoms in total. The summed E-state index contributed by atoms with van der Waals surface area (Å²) in [4.78, 5) is 0. The smallest absolute Gasteiger partial charge is 0.0907 e. The summed E-state index contributed by atoms with van der Waals surface area (Å²) in [5, 5.41) is 0. The molecule has 0 heterocycles. The molecule has 0 spiro atoms. The van der Waals surface area contributed by atoms with Crippen molar-refractivity contribution in [2.75, 3.05) is 5.75 Å². The Labute approximate surface area is 148 Å². The molecule has 122 valence electrons. The highest BCUT2D eigenvalue weighted by Crippen LogP contribution is 2.48. The summed E-state index contributed by atoms with van der Waals surface area (Å²) in [6.07, 6.45) is 0. The summed E-state index contributed by atoms with van der Waals surface area (Å²) in [6.45, 7) is 2.07. The van der Waals surface area contributed by atoms with Crippen LogP contribution in [-0.4, -0.2) is 11.8 Å². The van der Waals surface area contributed by atoms with Crippen LogP contribution < -0.4 is 5.73 Å². The van der Waals surface area contributed by atoms with E-state index >= 15 is 0 Å². The number of rotatable bonds is 6. The molecule has 1 atom stereocenters. The van der Waals surface area contributed by atoms with Gasteiger partial charge in [0.25, 0.3) is 0 Å². The minimum atomic E-state index is -0.253. The van der Waals surface area contributed by atoms with E-state index in [4.69, 9.17) is 5.73 Å². The van der Waals surface area contributed by atoms with Gasteiger partial charge < -0.3 is 5.73 Å². The summed E-state index contributed by atoms with van der Waals surface area (Å²) in [7, 11) is 0. The van der Waals surface area contributed by atoms with E-state index in [-0.39, 0.29) is 10.8 Å². The van der Waals surface area contributed by atoms with Crippen LogP contribution in [0.5, 0.6) is 0 Å². The van der Waals surface area contributed by atoms with Gasteiger partial charge in [-0.1, -0.05) is 91.0 Å². The van der Waals surface area contributed by atoms with Gasteiger partial charge in [0.1, 0.15) is 0 Å². The highest BCUT2D eigenvalue weighted by Gasteiger charge is 2.36. The summed E-state index contributed by atoms with van der Waals surface area (Å²) >= 11 is 1.91. The van der Waals surface area contributed by atoms with Crippen LogP contribution in [0.3, 0.4) is 0 Å². The topological polar surface area (TPSA) is 26.0 Å². The Balaban J connectivity index is 2.24. The quantitative estimate of drug-likeness (QED) is 0.638. The van der Waals surface area contributed by atoms with Crippen LogP contribution in [-0.2, 0) is 4.75 Å². The fourth-order valence-corrected chi connectivity index (χ4v) is 4.45. The zero-order valence-corrected chi connectivity index (χ0v) is 14.7. The van der Waals surface area contributed by atoms with Gasteiger partial charge in [0.15, 0.2) is 0 Å². The van der Waals surface area contributed by atoms with Crippen molar-refractivity contribution >= 4 is 11.8 Å². The number of hydrogen-bond donors (Lipinski definition) is 1. The lowest BCUT2D eigenvalue weighted by atomic mass is 9.84. The van der Waals surface area contributed by atoms with E-state index < -0.39 is 0 Å². The first kappa shape index (κ1) is 16.8. The number of benzene rings is 3. The lowest BCUT2D eigenvalue weighted by molar-refractivity contribution is 0.828. The van der Waals surface area contributed by atoms with Gasteiger partial charge in [0, 0.05) is 11.8 Å². The predicted octanol–water partition coefficient (Wildman–Crippen LogP) is 5.06. The molecule has 0 aliphatic rings. The van der Waals surface area contributed by atoms with Gasteiger partial charge in [0.05, 0.1) is 4.75 Å². The van der Waals surface area contributed by atoms with E-state index in [0.29, 0.717) is 0 Å². The molecule has 0 radical (unpaired) electrons. The summed E-state index contributed by atoms with van der Waals surface area (Å²) in [5.41, 5.74) is 9.97. The molecule has 0 fully saturated rings. The third-order valence-corrected chi connectivity index (χ3v) is 5.94. The van der Waals surface area contributed by atoms with Gasteiger partial charge in [-0.15, -0.1) is 11.8 Å². The molecule has 0 saturated heterocycles. The summed E-state index contributed by atoms with van der Waals surface area (Å²) in [6, 6.07) is 32.3. The second kappa shape index (κ2) is 7.69. The van der Waals surface area contributed by atoms with Crippen molar-refractivity contribution in [1.29, 1.82) is 0 Å². The van der Waals surface area contributed by atoms with Gasteiger partial charge in [-0.05, 0) is 23.6 Å². The fraction of sp³-hybridized carbons (Fsp3) is 0.182. The molecule has 0 amide bonds. The number of hydrogen-bond acceptors (Lipinski definition) is 2. The lowest BCUT2D eigenvalue weighted by Crippen LogP contribution is -2.29. The normalized spacial score (nSPS) is 12.8. The van der Waals surface area contributed by atoms with E-state index in [1.165, 1.54) is 16.7 Å². The lowest BCUT2D eigenvalue weighted by Gasteiger charge is -2.36. The zero-order chi connectivity index (χ0) is 16.8. The third kappa shape index (κ3) is 3.40. The number of thioether (sulfide) groups is 1. The van der Waals surface area contributed by atoms with E-state index in [1.807, 2.05) is 11.8 Å². The Kier molecular flexibility index (Phi) is 5.39. The van der Waals surface area contributed by atoms with Crippen LogP contribution in [0.15, 0.2) is 91.0 Å². The molecular formula is C22H23NS. The molecular weight excluding hydrogens is 310 g/mol. The standard InChI is InChI=1S/C22H23NS/c1-18(23)17-24-22(19-11-5-2-6-12-19,20-13-7-3-8-14-20)21-15-9-4-10-16-21/h2-16,18H,17,23H2,1H3/t18-/m0/s1. The average molecular weight is 334 g/mol. The molecule has 0 aliphatic heterocycles. The molecule has 24 heavy (non-hydrogen) atoms. The molecule has 2 heteroatoms. The molecule has 0 saturated carbocycles.